The molecule has 1 amide bonds. The number of nitrogens with zero attached hydrogens (tertiary/aromatic N) is 3. The molecule has 6 nitrogen and oxygen atoms in total. The Hall–Kier alpha value is -1.69. The van der Waals surface area contributed by atoms with Crippen molar-refractivity contribution in [3.63, 3.8) is 0 Å². The summed E-state index contributed by atoms with van der Waals surface area (Å²) in [6, 6.07) is -0.236. The van der Waals surface area contributed by atoms with Crippen LogP contribution in [0.4, 0.5) is 0 Å². The fourth-order valence-corrected chi connectivity index (χ4v) is 1.81. The molecule has 1 atom stereocenters. The molecule has 1 aromatic rings. The number of morpholine rings is 1. The first-order valence-corrected chi connectivity index (χ1v) is 5.57. The van der Waals surface area contributed by atoms with Crippen molar-refractivity contribution >= 4 is 5.91 Å². The quantitative estimate of drug-likeness (QED) is 0.729. The van der Waals surface area contributed by atoms with Crippen molar-refractivity contribution in [2.45, 2.75) is 18.9 Å². The molecular weight excluding hydrogens is 222 g/mol. The van der Waals surface area contributed by atoms with Gasteiger partial charge in [0.2, 0.25) is 12.3 Å². The second-order valence-electron chi connectivity index (χ2n) is 3.79. The summed E-state index contributed by atoms with van der Waals surface area (Å²) >= 11 is 0. The lowest BCUT2D eigenvalue weighted by molar-refractivity contribution is -0.140. The molecule has 1 aliphatic heterocycles. The summed E-state index contributed by atoms with van der Waals surface area (Å²) in [5.74, 6) is 0.569. The zero-order chi connectivity index (χ0) is 12.1. The maximum absolute atomic E-state index is 12.0. The summed E-state index contributed by atoms with van der Waals surface area (Å²) in [5.41, 5.74) is 0. The maximum atomic E-state index is 12.0. The van der Waals surface area contributed by atoms with Crippen molar-refractivity contribution in [3.8, 4) is 0 Å². The molecule has 1 fully saturated rings. The molecule has 1 unspecified atom stereocenters. The highest BCUT2D eigenvalue weighted by Gasteiger charge is 2.30. The van der Waals surface area contributed by atoms with E-state index in [0.717, 1.165) is 0 Å². The van der Waals surface area contributed by atoms with Gasteiger partial charge >= 0.3 is 0 Å². The third-order valence-electron chi connectivity index (χ3n) is 2.69. The van der Waals surface area contributed by atoms with Gasteiger partial charge in [-0.3, -0.25) is 4.79 Å². The summed E-state index contributed by atoms with van der Waals surface area (Å²) in [4.78, 5) is 17.7. The normalized spacial score (nSPS) is 20.2. The molecule has 0 N–H and O–H groups in total. The van der Waals surface area contributed by atoms with Gasteiger partial charge in [-0.1, -0.05) is 11.2 Å². The lowest BCUT2D eigenvalue weighted by Crippen LogP contribution is -2.43. The van der Waals surface area contributed by atoms with Gasteiger partial charge in [-0.2, -0.15) is 4.98 Å². The zero-order valence-electron chi connectivity index (χ0n) is 9.54. The lowest BCUT2D eigenvalue weighted by Gasteiger charge is -2.33. The van der Waals surface area contributed by atoms with E-state index in [4.69, 9.17) is 9.26 Å². The number of allylic oxidation sites excluding steroid dienone is 1. The highest BCUT2D eigenvalue weighted by Crippen LogP contribution is 2.22. The second-order valence-corrected chi connectivity index (χ2v) is 3.79. The first-order chi connectivity index (χ1) is 8.33. The van der Waals surface area contributed by atoms with Crippen LogP contribution < -0.4 is 0 Å². The SMILES string of the molecule is C=CCCC(=O)N1CCOCC1c1ncon1. The van der Waals surface area contributed by atoms with Gasteiger partial charge in [-0.15, -0.1) is 6.58 Å². The molecule has 1 saturated heterocycles. The Morgan fingerprint density at radius 3 is 3.29 bits per heavy atom. The molecule has 0 aliphatic carbocycles. The van der Waals surface area contributed by atoms with Crippen LogP contribution in [0.15, 0.2) is 23.6 Å². The highest BCUT2D eigenvalue weighted by molar-refractivity contribution is 5.76. The molecule has 2 rings (SSSR count). The van der Waals surface area contributed by atoms with Crippen LogP contribution in [0.5, 0.6) is 0 Å². The lowest BCUT2D eigenvalue weighted by atomic mass is 10.2. The van der Waals surface area contributed by atoms with Gasteiger partial charge in [0.25, 0.3) is 0 Å². The van der Waals surface area contributed by atoms with Crippen molar-refractivity contribution < 1.29 is 14.1 Å². The number of carbonyl (C=O) groups excluding carboxylic acids is 1. The van der Waals surface area contributed by atoms with Crippen LogP contribution in [0.1, 0.15) is 24.7 Å². The smallest absolute Gasteiger partial charge is 0.223 e. The number of aromatic nitrogens is 2. The third kappa shape index (κ3) is 2.71. The molecule has 0 radical (unpaired) electrons. The van der Waals surface area contributed by atoms with E-state index < -0.39 is 0 Å². The van der Waals surface area contributed by atoms with Crippen molar-refractivity contribution in [2.75, 3.05) is 19.8 Å². The van der Waals surface area contributed by atoms with Crippen molar-refractivity contribution in [1.29, 1.82) is 0 Å². The number of carbonyl (C=O) groups is 1. The molecule has 92 valence electrons. The van der Waals surface area contributed by atoms with Crippen LogP contribution in [0.2, 0.25) is 0 Å². The molecule has 6 heteroatoms. The van der Waals surface area contributed by atoms with Crippen LogP contribution in [-0.2, 0) is 9.53 Å². The second kappa shape index (κ2) is 5.58. The number of hydrogen-bond donors (Lipinski definition) is 0. The molecule has 1 aromatic heterocycles. The minimum absolute atomic E-state index is 0.0722. The van der Waals surface area contributed by atoms with Crippen molar-refractivity contribution in [3.05, 3.63) is 24.9 Å². The molecule has 0 bridgehead atoms. The third-order valence-corrected chi connectivity index (χ3v) is 2.69. The molecule has 0 saturated carbocycles. The Labute approximate surface area is 99.2 Å². The number of rotatable bonds is 4. The first kappa shape index (κ1) is 11.8. The predicted octanol–water partition coefficient (Wildman–Crippen LogP) is 0.936. The van der Waals surface area contributed by atoms with Gasteiger partial charge < -0.3 is 14.2 Å². The van der Waals surface area contributed by atoms with E-state index in [1.165, 1.54) is 6.39 Å². The van der Waals surface area contributed by atoms with Gasteiger partial charge in [-0.25, -0.2) is 0 Å². The summed E-state index contributed by atoms with van der Waals surface area (Å²) in [6.45, 7) is 5.14. The summed E-state index contributed by atoms with van der Waals surface area (Å²) in [6.07, 6.45) is 4.13. The molecule has 17 heavy (non-hydrogen) atoms. The van der Waals surface area contributed by atoms with E-state index in [-0.39, 0.29) is 11.9 Å². The minimum Gasteiger partial charge on any atom is -0.377 e. The van der Waals surface area contributed by atoms with E-state index in [1.807, 2.05) is 0 Å². The number of amides is 1. The maximum Gasteiger partial charge on any atom is 0.223 e. The summed E-state index contributed by atoms with van der Waals surface area (Å²) in [7, 11) is 0. The molecule has 2 heterocycles. The zero-order valence-corrected chi connectivity index (χ0v) is 9.54. The monoisotopic (exact) mass is 237 g/mol. The van der Waals surface area contributed by atoms with E-state index in [9.17, 15) is 4.79 Å². The standard InChI is InChI=1S/C11H15N3O3/c1-2-3-4-10(15)14-5-6-16-7-9(14)11-12-8-17-13-11/h2,8-9H,1,3-7H2. The molecule has 1 aliphatic rings. The Bertz CT molecular complexity index is 377. The van der Waals surface area contributed by atoms with E-state index in [2.05, 4.69) is 16.7 Å². The van der Waals surface area contributed by atoms with E-state index >= 15 is 0 Å². The topological polar surface area (TPSA) is 68.5 Å². The summed E-state index contributed by atoms with van der Waals surface area (Å²) in [5, 5.41) is 3.77. The number of hydrogen-bond acceptors (Lipinski definition) is 5. The summed E-state index contributed by atoms with van der Waals surface area (Å²) < 4.78 is 10.1. The van der Waals surface area contributed by atoms with Crippen LogP contribution in [0, 0.1) is 0 Å². The average Bonchev–Trinajstić information content (AvgIpc) is 2.89. The van der Waals surface area contributed by atoms with Crippen LogP contribution in [-0.4, -0.2) is 40.7 Å². The Kier molecular flexibility index (Phi) is 3.87. The largest absolute Gasteiger partial charge is 0.377 e. The highest BCUT2D eigenvalue weighted by atomic mass is 16.5. The first-order valence-electron chi connectivity index (χ1n) is 5.57. The fraction of sp³-hybridized carbons (Fsp3) is 0.545. The Balaban J connectivity index is 2.07. The van der Waals surface area contributed by atoms with Crippen molar-refractivity contribution in [2.24, 2.45) is 0 Å². The minimum atomic E-state index is -0.236. The van der Waals surface area contributed by atoms with Crippen LogP contribution >= 0.6 is 0 Å². The van der Waals surface area contributed by atoms with E-state index in [0.29, 0.717) is 38.4 Å². The molecule has 0 aromatic carbocycles. The van der Waals surface area contributed by atoms with Gasteiger partial charge in [0.05, 0.1) is 13.2 Å². The van der Waals surface area contributed by atoms with Gasteiger partial charge in [0.15, 0.2) is 5.82 Å². The van der Waals surface area contributed by atoms with Crippen LogP contribution in [0.3, 0.4) is 0 Å². The molecular formula is C11H15N3O3. The van der Waals surface area contributed by atoms with E-state index in [1.54, 1.807) is 11.0 Å². The Morgan fingerprint density at radius 2 is 2.59 bits per heavy atom. The van der Waals surface area contributed by atoms with Crippen molar-refractivity contribution in [1.82, 2.24) is 15.0 Å². The van der Waals surface area contributed by atoms with Gasteiger partial charge in [-0.05, 0) is 6.42 Å². The molecule has 0 spiro atoms. The predicted molar refractivity (Wildman–Crippen MR) is 59.0 cm³/mol. The van der Waals surface area contributed by atoms with Crippen LogP contribution in [0.25, 0.3) is 0 Å². The van der Waals surface area contributed by atoms with Gasteiger partial charge in [0.1, 0.15) is 6.04 Å². The fourth-order valence-electron chi connectivity index (χ4n) is 1.81. The average molecular weight is 237 g/mol. The Morgan fingerprint density at radius 1 is 1.71 bits per heavy atom. The van der Waals surface area contributed by atoms with Gasteiger partial charge in [0, 0.05) is 13.0 Å². The number of ether oxygens (including phenoxy) is 1.